The van der Waals surface area contributed by atoms with Crippen molar-refractivity contribution in [1.82, 2.24) is 5.32 Å². The van der Waals surface area contributed by atoms with Crippen molar-refractivity contribution in [3.05, 3.63) is 35.9 Å². The Labute approximate surface area is 130 Å². The van der Waals surface area contributed by atoms with Crippen LogP contribution >= 0.6 is 0 Å². The highest BCUT2D eigenvalue weighted by Crippen LogP contribution is 2.10. The van der Waals surface area contributed by atoms with Crippen LogP contribution in [0.25, 0.3) is 6.08 Å². The van der Waals surface area contributed by atoms with Gasteiger partial charge in [-0.3, -0.25) is 0 Å². The third kappa shape index (κ3) is 7.44. The van der Waals surface area contributed by atoms with Gasteiger partial charge in [0.2, 0.25) is 0 Å². The Kier molecular flexibility index (Phi) is 8.37. The number of benzene rings is 1. The van der Waals surface area contributed by atoms with Crippen molar-refractivity contribution in [3.8, 4) is 0 Å². The predicted octanol–water partition coefficient (Wildman–Crippen LogP) is 2.42. The lowest BCUT2D eigenvalue weighted by atomic mass is 10.2. The summed E-state index contributed by atoms with van der Waals surface area (Å²) in [6.45, 7) is 3.28. The average molecular weight is 306 g/mol. The zero-order valence-electron chi connectivity index (χ0n) is 12.9. The molecule has 6 heteroatoms. The summed E-state index contributed by atoms with van der Waals surface area (Å²) in [4.78, 5) is 22.8. The number of carbonyl (C=O) groups excluding carboxylic acids is 2. The largest absolute Gasteiger partial charge is 0.463 e. The minimum absolute atomic E-state index is 0.258. The van der Waals surface area contributed by atoms with Crippen LogP contribution in [0.5, 0.6) is 0 Å². The van der Waals surface area contributed by atoms with Gasteiger partial charge in [-0.25, -0.2) is 9.59 Å². The number of rotatable bonds is 8. The van der Waals surface area contributed by atoms with Crippen LogP contribution < -0.4 is 10.6 Å². The molecule has 0 heterocycles. The number of anilines is 1. The Morgan fingerprint density at radius 2 is 1.95 bits per heavy atom. The summed E-state index contributed by atoms with van der Waals surface area (Å²) in [5.41, 5.74) is 1.52. The third-order valence-corrected chi connectivity index (χ3v) is 2.68. The number of carbonyl (C=O) groups is 2. The van der Waals surface area contributed by atoms with Crippen LogP contribution in [0.15, 0.2) is 30.3 Å². The van der Waals surface area contributed by atoms with Crippen molar-refractivity contribution in [2.24, 2.45) is 0 Å². The van der Waals surface area contributed by atoms with Crippen molar-refractivity contribution < 1.29 is 19.1 Å². The molecular formula is C16H22N2O4. The SMILES string of the molecule is CCOC(=O)/C=C/c1ccc(NC(=O)NCCCOC)cc1. The van der Waals surface area contributed by atoms with Crippen molar-refractivity contribution in [2.75, 3.05) is 32.2 Å². The number of methoxy groups -OCH3 is 1. The molecule has 0 atom stereocenters. The molecule has 6 nitrogen and oxygen atoms in total. The fourth-order valence-electron chi connectivity index (χ4n) is 1.63. The van der Waals surface area contributed by atoms with E-state index in [1.165, 1.54) is 6.08 Å². The van der Waals surface area contributed by atoms with E-state index >= 15 is 0 Å². The maximum absolute atomic E-state index is 11.6. The minimum Gasteiger partial charge on any atom is -0.463 e. The summed E-state index contributed by atoms with van der Waals surface area (Å²) in [6, 6.07) is 6.87. The van der Waals surface area contributed by atoms with Gasteiger partial charge >= 0.3 is 12.0 Å². The van der Waals surface area contributed by atoms with Crippen LogP contribution in [0.2, 0.25) is 0 Å². The van der Waals surface area contributed by atoms with Gasteiger partial charge in [-0.05, 0) is 37.1 Å². The zero-order valence-corrected chi connectivity index (χ0v) is 12.9. The average Bonchev–Trinajstić information content (AvgIpc) is 2.51. The summed E-state index contributed by atoms with van der Waals surface area (Å²) in [7, 11) is 1.62. The Hall–Kier alpha value is -2.34. The minimum atomic E-state index is -0.375. The number of ether oxygens (including phenoxy) is 2. The van der Waals surface area contributed by atoms with Crippen LogP contribution in [-0.2, 0) is 14.3 Å². The second-order valence-corrected chi connectivity index (χ2v) is 4.43. The van der Waals surface area contributed by atoms with Gasteiger partial charge in [-0.15, -0.1) is 0 Å². The van der Waals surface area contributed by atoms with E-state index in [4.69, 9.17) is 9.47 Å². The van der Waals surface area contributed by atoms with Crippen molar-refractivity contribution >= 4 is 23.8 Å². The number of amides is 2. The predicted molar refractivity (Wildman–Crippen MR) is 85.6 cm³/mol. The Morgan fingerprint density at radius 3 is 2.59 bits per heavy atom. The van der Waals surface area contributed by atoms with Crippen molar-refractivity contribution in [1.29, 1.82) is 0 Å². The highest BCUT2D eigenvalue weighted by atomic mass is 16.5. The Balaban J connectivity index is 2.41. The molecule has 0 aliphatic heterocycles. The van der Waals surface area contributed by atoms with Crippen LogP contribution in [0.3, 0.4) is 0 Å². The van der Waals surface area contributed by atoms with E-state index in [9.17, 15) is 9.59 Å². The molecule has 1 aromatic rings. The molecule has 0 fully saturated rings. The monoisotopic (exact) mass is 306 g/mol. The highest BCUT2D eigenvalue weighted by molar-refractivity contribution is 5.90. The summed E-state index contributed by atoms with van der Waals surface area (Å²) in [5.74, 6) is -0.375. The normalized spacial score (nSPS) is 10.5. The van der Waals surface area contributed by atoms with Crippen LogP contribution in [-0.4, -0.2) is 38.9 Å². The van der Waals surface area contributed by atoms with Gasteiger partial charge in [-0.2, -0.15) is 0 Å². The fraction of sp³-hybridized carbons (Fsp3) is 0.375. The van der Waals surface area contributed by atoms with Gasteiger partial charge < -0.3 is 20.1 Å². The van der Waals surface area contributed by atoms with Gasteiger partial charge in [0, 0.05) is 32.0 Å². The Bertz CT molecular complexity index is 497. The number of hydrogen-bond donors (Lipinski definition) is 2. The molecule has 22 heavy (non-hydrogen) atoms. The molecule has 0 aliphatic rings. The number of urea groups is 1. The van der Waals surface area contributed by atoms with Gasteiger partial charge in [0.15, 0.2) is 0 Å². The molecule has 0 bridgehead atoms. The van der Waals surface area contributed by atoms with Crippen molar-refractivity contribution in [2.45, 2.75) is 13.3 Å². The van der Waals surface area contributed by atoms with Gasteiger partial charge in [0.25, 0.3) is 0 Å². The van der Waals surface area contributed by atoms with Gasteiger partial charge in [0.05, 0.1) is 6.61 Å². The van der Waals surface area contributed by atoms with Crippen molar-refractivity contribution in [3.63, 3.8) is 0 Å². The first kappa shape index (κ1) is 17.7. The maximum Gasteiger partial charge on any atom is 0.330 e. The van der Waals surface area contributed by atoms with E-state index < -0.39 is 0 Å². The van der Waals surface area contributed by atoms with Gasteiger partial charge in [0.1, 0.15) is 0 Å². The molecule has 0 radical (unpaired) electrons. The first-order valence-corrected chi connectivity index (χ1v) is 7.14. The van der Waals surface area contributed by atoms with Gasteiger partial charge in [-0.1, -0.05) is 12.1 Å². The summed E-state index contributed by atoms with van der Waals surface area (Å²) in [5, 5.41) is 5.45. The quantitative estimate of drug-likeness (QED) is 0.439. The molecule has 2 amide bonds. The van der Waals surface area contributed by atoms with E-state index in [0.29, 0.717) is 25.4 Å². The number of nitrogens with one attached hydrogen (secondary N) is 2. The van der Waals surface area contributed by atoms with E-state index in [1.54, 1.807) is 44.4 Å². The first-order valence-electron chi connectivity index (χ1n) is 7.14. The lowest BCUT2D eigenvalue weighted by Crippen LogP contribution is -2.29. The van der Waals surface area contributed by atoms with E-state index in [-0.39, 0.29) is 12.0 Å². The molecule has 1 rings (SSSR count). The Morgan fingerprint density at radius 1 is 1.23 bits per heavy atom. The van der Waals surface area contributed by atoms with Crippen LogP contribution in [0.1, 0.15) is 18.9 Å². The molecule has 0 spiro atoms. The summed E-state index contributed by atoms with van der Waals surface area (Å²) < 4.78 is 9.69. The number of esters is 1. The summed E-state index contributed by atoms with van der Waals surface area (Å²) >= 11 is 0. The third-order valence-electron chi connectivity index (χ3n) is 2.68. The standard InChI is InChI=1S/C16H22N2O4/c1-3-22-15(19)10-7-13-5-8-14(9-6-13)18-16(20)17-11-4-12-21-2/h5-10H,3-4,11-12H2,1-2H3,(H2,17,18,20)/b10-7+. The zero-order chi connectivity index (χ0) is 16.2. The molecule has 0 aromatic heterocycles. The second kappa shape index (κ2) is 10.4. The lowest BCUT2D eigenvalue weighted by molar-refractivity contribution is -0.137. The van der Waals surface area contributed by atoms with Crippen LogP contribution in [0, 0.1) is 0 Å². The molecule has 0 saturated carbocycles. The second-order valence-electron chi connectivity index (χ2n) is 4.43. The molecule has 120 valence electrons. The topological polar surface area (TPSA) is 76.7 Å². The van der Waals surface area contributed by atoms with E-state index in [2.05, 4.69) is 10.6 Å². The first-order chi connectivity index (χ1) is 10.7. The smallest absolute Gasteiger partial charge is 0.330 e. The summed E-state index contributed by atoms with van der Waals surface area (Å²) in [6.07, 6.45) is 3.79. The molecule has 2 N–H and O–H groups in total. The molecular weight excluding hydrogens is 284 g/mol. The molecule has 0 aliphatic carbocycles. The highest BCUT2D eigenvalue weighted by Gasteiger charge is 2.00. The fourth-order valence-corrected chi connectivity index (χ4v) is 1.63. The van der Waals surface area contributed by atoms with Crippen LogP contribution in [0.4, 0.5) is 10.5 Å². The van der Waals surface area contributed by atoms with E-state index in [0.717, 1.165) is 12.0 Å². The molecule has 0 unspecified atom stereocenters. The van der Waals surface area contributed by atoms with E-state index in [1.807, 2.05) is 0 Å². The lowest BCUT2D eigenvalue weighted by Gasteiger charge is -2.07. The molecule has 0 saturated heterocycles. The molecule has 1 aromatic carbocycles. The number of hydrogen-bond acceptors (Lipinski definition) is 4. The maximum atomic E-state index is 11.6.